The second-order valence-corrected chi connectivity index (χ2v) is 8.20. The number of aliphatic carboxylic acids is 1. The van der Waals surface area contributed by atoms with Crippen LogP contribution in [0.4, 0.5) is 0 Å². The van der Waals surface area contributed by atoms with Gasteiger partial charge in [-0.1, -0.05) is 39.5 Å². The van der Waals surface area contributed by atoms with E-state index < -0.39 is 5.97 Å². The molecule has 0 radical (unpaired) electrons. The third kappa shape index (κ3) is 5.02. The van der Waals surface area contributed by atoms with Gasteiger partial charge in [0, 0.05) is 12.5 Å². The molecular formula is C15H25N3O2S. The minimum Gasteiger partial charge on any atom is -0.481 e. The molecule has 1 aliphatic carbocycles. The first-order chi connectivity index (χ1) is 9.76. The van der Waals surface area contributed by atoms with Gasteiger partial charge in [-0.2, -0.15) is 0 Å². The Labute approximate surface area is 130 Å². The fourth-order valence-electron chi connectivity index (χ4n) is 2.80. The van der Waals surface area contributed by atoms with Crippen LogP contribution in [0, 0.1) is 11.3 Å². The number of aromatic nitrogens is 3. The van der Waals surface area contributed by atoms with Gasteiger partial charge >= 0.3 is 5.97 Å². The van der Waals surface area contributed by atoms with E-state index in [9.17, 15) is 4.79 Å². The third-order valence-electron chi connectivity index (χ3n) is 3.46. The number of rotatable bonds is 7. The van der Waals surface area contributed by atoms with Gasteiger partial charge in [-0.05, 0) is 30.6 Å². The lowest BCUT2D eigenvalue weighted by molar-refractivity contribution is -0.133. The molecule has 0 amide bonds. The Morgan fingerprint density at radius 1 is 1.43 bits per heavy atom. The predicted octanol–water partition coefficient (Wildman–Crippen LogP) is 3.40. The lowest BCUT2D eigenvalue weighted by Gasteiger charge is -2.23. The first-order valence-electron chi connectivity index (χ1n) is 7.54. The summed E-state index contributed by atoms with van der Waals surface area (Å²) in [6, 6.07) is 0.480. The molecule has 0 aliphatic heterocycles. The van der Waals surface area contributed by atoms with Crippen molar-refractivity contribution in [1.82, 2.24) is 14.8 Å². The van der Waals surface area contributed by atoms with Crippen molar-refractivity contribution in [2.45, 2.75) is 64.6 Å². The molecule has 1 aromatic rings. The summed E-state index contributed by atoms with van der Waals surface area (Å²) in [5.74, 6) is 0.793. The fourth-order valence-corrected chi connectivity index (χ4v) is 3.54. The Morgan fingerprint density at radius 3 is 2.62 bits per heavy atom. The van der Waals surface area contributed by atoms with E-state index in [-0.39, 0.29) is 5.75 Å². The van der Waals surface area contributed by atoms with Crippen LogP contribution in [0.1, 0.15) is 58.8 Å². The Bertz CT molecular complexity index is 504. The summed E-state index contributed by atoms with van der Waals surface area (Å²) in [6.07, 6.45) is 4.36. The highest BCUT2D eigenvalue weighted by Crippen LogP contribution is 2.39. The Hall–Kier alpha value is -1.04. The summed E-state index contributed by atoms with van der Waals surface area (Å²) in [6.45, 7) is 9.01. The van der Waals surface area contributed by atoms with Crippen LogP contribution in [0.2, 0.25) is 0 Å². The van der Waals surface area contributed by atoms with Gasteiger partial charge in [0.15, 0.2) is 5.16 Å². The zero-order valence-corrected chi connectivity index (χ0v) is 14.1. The molecule has 1 N–H and O–H groups in total. The molecule has 1 unspecified atom stereocenters. The van der Waals surface area contributed by atoms with Crippen molar-refractivity contribution >= 4 is 17.7 Å². The molecule has 1 saturated carbocycles. The molecule has 5 nitrogen and oxygen atoms in total. The van der Waals surface area contributed by atoms with Crippen molar-refractivity contribution in [3.63, 3.8) is 0 Å². The number of hydrogen-bond donors (Lipinski definition) is 1. The molecule has 1 atom stereocenters. The molecule has 1 aliphatic rings. The van der Waals surface area contributed by atoms with Crippen LogP contribution in [-0.2, 0) is 11.2 Å². The molecule has 0 bridgehead atoms. The highest BCUT2D eigenvalue weighted by molar-refractivity contribution is 7.99. The van der Waals surface area contributed by atoms with Crippen LogP contribution in [0.5, 0.6) is 0 Å². The molecule has 1 heterocycles. The van der Waals surface area contributed by atoms with Crippen LogP contribution >= 0.6 is 11.8 Å². The van der Waals surface area contributed by atoms with E-state index in [2.05, 4.69) is 42.5 Å². The zero-order valence-electron chi connectivity index (χ0n) is 13.3. The van der Waals surface area contributed by atoms with Crippen molar-refractivity contribution in [2.24, 2.45) is 11.3 Å². The van der Waals surface area contributed by atoms with E-state index in [1.165, 1.54) is 11.8 Å². The first-order valence-corrected chi connectivity index (χ1v) is 8.53. The largest absolute Gasteiger partial charge is 0.481 e. The molecule has 0 aromatic carbocycles. The fraction of sp³-hybridized carbons (Fsp3) is 0.800. The van der Waals surface area contributed by atoms with Crippen molar-refractivity contribution < 1.29 is 9.90 Å². The summed E-state index contributed by atoms with van der Waals surface area (Å²) in [5.41, 5.74) is 0.310. The van der Waals surface area contributed by atoms with E-state index in [0.29, 0.717) is 17.4 Å². The van der Waals surface area contributed by atoms with Crippen molar-refractivity contribution in [2.75, 3.05) is 5.75 Å². The van der Waals surface area contributed by atoms with Crippen LogP contribution in [0.15, 0.2) is 5.16 Å². The normalized spacial score (nSPS) is 17.0. The van der Waals surface area contributed by atoms with Gasteiger partial charge in [-0.3, -0.25) is 4.79 Å². The van der Waals surface area contributed by atoms with Gasteiger partial charge in [-0.25, -0.2) is 0 Å². The molecule has 21 heavy (non-hydrogen) atoms. The van der Waals surface area contributed by atoms with E-state index >= 15 is 0 Å². The van der Waals surface area contributed by atoms with Gasteiger partial charge in [-0.15, -0.1) is 10.2 Å². The summed E-state index contributed by atoms with van der Waals surface area (Å²) in [7, 11) is 0. The predicted molar refractivity (Wildman–Crippen MR) is 83.6 cm³/mol. The van der Waals surface area contributed by atoms with Gasteiger partial charge in [0.2, 0.25) is 0 Å². The molecule has 1 aromatic heterocycles. The van der Waals surface area contributed by atoms with Crippen LogP contribution < -0.4 is 0 Å². The minimum absolute atomic E-state index is 0.0440. The summed E-state index contributed by atoms with van der Waals surface area (Å²) >= 11 is 1.27. The molecule has 0 saturated heterocycles. The summed E-state index contributed by atoms with van der Waals surface area (Å²) < 4.78 is 2.17. The molecule has 118 valence electrons. The van der Waals surface area contributed by atoms with E-state index in [1.807, 2.05) is 0 Å². The van der Waals surface area contributed by atoms with E-state index in [4.69, 9.17) is 5.11 Å². The Morgan fingerprint density at radius 2 is 2.10 bits per heavy atom. The molecule has 0 spiro atoms. The molecule has 1 fully saturated rings. The third-order valence-corrected chi connectivity index (χ3v) is 4.39. The number of nitrogens with zero attached hydrogens (tertiary/aromatic N) is 3. The summed E-state index contributed by atoms with van der Waals surface area (Å²) in [5, 5.41) is 18.1. The second kappa shape index (κ2) is 6.38. The van der Waals surface area contributed by atoms with Crippen LogP contribution in [0.25, 0.3) is 0 Å². The first kappa shape index (κ1) is 16.3. The van der Waals surface area contributed by atoms with Crippen molar-refractivity contribution in [3.8, 4) is 0 Å². The molecule has 2 rings (SSSR count). The highest BCUT2D eigenvalue weighted by atomic mass is 32.2. The Balaban J connectivity index is 2.07. The van der Waals surface area contributed by atoms with Crippen molar-refractivity contribution in [1.29, 1.82) is 0 Å². The maximum Gasteiger partial charge on any atom is 0.313 e. The summed E-state index contributed by atoms with van der Waals surface area (Å²) in [4.78, 5) is 10.7. The number of carbonyl (C=O) groups is 1. The topological polar surface area (TPSA) is 68.0 Å². The minimum atomic E-state index is -0.812. The van der Waals surface area contributed by atoms with Crippen molar-refractivity contribution in [3.05, 3.63) is 5.82 Å². The lowest BCUT2D eigenvalue weighted by atomic mass is 9.84. The van der Waals surface area contributed by atoms with E-state index in [0.717, 1.165) is 36.7 Å². The average Bonchev–Trinajstić information content (AvgIpc) is 3.07. The molecule has 6 heteroatoms. The van der Waals surface area contributed by atoms with Crippen LogP contribution in [0.3, 0.4) is 0 Å². The highest BCUT2D eigenvalue weighted by Gasteiger charge is 2.30. The number of thioether (sulfide) groups is 1. The average molecular weight is 311 g/mol. The molecular weight excluding hydrogens is 286 g/mol. The van der Waals surface area contributed by atoms with Gasteiger partial charge in [0.25, 0.3) is 0 Å². The van der Waals surface area contributed by atoms with E-state index in [1.54, 1.807) is 0 Å². The quantitative estimate of drug-likeness (QED) is 0.782. The maximum absolute atomic E-state index is 10.7. The van der Waals surface area contributed by atoms with Gasteiger partial charge in [0.05, 0.1) is 5.75 Å². The zero-order chi connectivity index (χ0) is 15.6. The second-order valence-electron chi connectivity index (χ2n) is 7.26. The van der Waals surface area contributed by atoms with Crippen LogP contribution in [-0.4, -0.2) is 31.6 Å². The van der Waals surface area contributed by atoms with Gasteiger partial charge < -0.3 is 9.67 Å². The monoisotopic (exact) mass is 311 g/mol. The maximum atomic E-state index is 10.7. The number of carboxylic acid groups (broad SMARTS) is 1. The number of hydrogen-bond acceptors (Lipinski definition) is 4. The van der Waals surface area contributed by atoms with Gasteiger partial charge in [0.1, 0.15) is 5.82 Å². The number of carboxylic acids is 1. The standard InChI is InChI=1S/C15H25N3O2S/c1-10(8-15(2,3)4)7-12-16-17-14(21-9-13(19)20)18(12)11-5-6-11/h10-11H,5-9H2,1-4H3,(H,19,20). The smallest absolute Gasteiger partial charge is 0.313 e. The lowest BCUT2D eigenvalue weighted by Crippen LogP contribution is -2.15. The SMILES string of the molecule is CC(Cc1nnc(SCC(=O)O)n1C1CC1)CC(C)(C)C. The Kier molecular flexibility index (Phi) is 4.96.